The van der Waals surface area contributed by atoms with E-state index in [0.29, 0.717) is 0 Å². The number of rotatable bonds is 4. The Hall–Kier alpha value is -1.74. The quantitative estimate of drug-likeness (QED) is 0.822. The van der Waals surface area contributed by atoms with Crippen molar-refractivity contribution in [3.63, 3.8) is 0 Å². The number of amides is 1. The molecule has 3 heteroatoms. The Kier molecular flexibility index (Phi) is 4.76. The fraction of sp³-hybridized carbons (Fsp3) is 0.350. The lowest BCUT2D eigenvalue weighted by Gasteiger charge is -2.30. The summed E-state index contributed by atoms with van der Waals surface area (Å²) in [6.07, 6.45) is 3.27. The summed E-state index contributed by atoms with van der Waals surface area (Å²) in [6.45, 7) is 3.99. The lowest BCUT2D eigenvalue weighted by molar-refractivity contribution is -0.123. The van der Waals surface area contributed by atoms with Gasteiger partial charge in [0.1, 0.15) is 0 Å². The molecule has 0 aliphatic heterocycles. The number of fused-ring (bicyclic) bond motifs is 1. The highest BCUT2D eigenvalue weighted by Gasteiger charge is 2.32. The topological polar surface area (TPSA) is 29.1 Å². The van der Waals surface area contributed by atoms with Crippen molar-refractivity contribution in [3.8, 4) is 0 Å². The van der Waals surface area contributed by atoms with E-state index in [1.165, 1.54) is 11.1 Å². The molecule has 2 aromatic carbocycles. The number of aryl methyl sites for hydroxylation is 1. The van der Waals surface area contributed by atoms with E-state index in [1.54, 1.807) is 11.8 Å². The zero-order chi connectivity index (χ0) is 16.3. The third-order valence-electron chi connectivity index (χ3n) is 4.34. The molecule has 0 bridgehead atoms. The van der Waals surface area contributed by atoms with E-state index in [2.05, 4.69) is 41.7 Å². The van der Waals surface area contributed by atoms with Crippen LogP contribution in [0.5, 0.6) is 0 Å². The summed E-state index contributed by atoms with van der Waals surface area (Å²) in [5.41, 5.74) is 2.66. The molecular formula is C20H23NOS. The predicted octanol–water partition coefficient (Wildman–Crippen LogP) is 4.75. The van der Waals surface area contributed by atoms with E-state index in [-0.39, 0.29) is 11.9 Å². The number of carbonyl (C=O) groups is 1. The number of nitrogens with one attached hydrogen (secondary N) is 1. The van der Waals surface area contributed by atoms with Crippen LogP contribution in [0.4, 0.5) is 0 Å². The summed E-state index contributed by atoms with van der Waals surface area (Å²) < 4.78 is -0.492. The highest BCUT2D eigenvalue weighted by atomic mass is 32.2. The predicted molar refractivity (Wildman–Crippen MR) is 96.6 cm³/mol. The molecule has 23 heavy (non-hydrogen) atoms. The summed E-state index contributed by atoms with van der Waals surface area (Å²) in [5.74, 6) is 0.105. The van der Waals surface area contributed by atoms with Gasteiger partial charge in [0.05, 0.1) is 10.8 Å². The zero-order valence-corrected chi connectivity index (χ0v) is 14.5. The largest absolute Gasteiger partial charge is 0.348 e. The Morgan fingerprint density at radius 1 is 1.09 bits per heavy atom. The maximum Gasteiger partial charge on any atom is 0.236 e. The number of thioether (sulfide) groups is 1. The maximum absolute atomic E-state index is 12.8. The molecule has 0 fully saturated rings. The minimum atomic E-state index is -0.492. The zero-order valence-electron chi connectivity index (χ0n) is 13.7. The lowest BCUT2D eigenvalue weighted by Crippen LogP contribution is -2.42. The molecule has 1 amide bonds. The van der Waals surface area contributed by atoms with Crippen molar-refractivity contribution in [1.29, 1.82) is 0 Å². The molecule has 0 spiro atoms. The molecule has 2 aromatic rings. The minimum absolute atomic E-state index is 0.105. The number of hydrogen-bond donors (Lipinski definition) is 1. The monoisotopic (exact) mass is 325 g/mol. The minimum Gasteiger partial charge on any atom is -0.348 e. The van der Waals surface area contributed by atoms with E-state index in [0.717, 1.165) is 24.2 Å². The van der Waals surface area contributed by atoms with Gasteiger partial charge in [0.2, 0.25) is 5.91 Å². The van der Waals surface area contributed by atoms with Crippen LogP contribution in [0.1, 0.15) is 43.9 Å². The third kappa shape index (κ3) is 3.78. The maximum atomic E-state index is 12.8. The fourth-order valence-electron chi connectivity index (χ4n) is 3.07. The van der Waals surface area contributed by atoms with Crippen molar-refractivity contribution in [2.24, 2.45) is 0 Å². The Morgan fingerprint density at radius 3 is 2.57 bits per heavy atom. The average molecular weight is 325 g/mol. The van der Waals surface area contributed by atoms with Crippen LogP contribution >= 0.6 is 11.8 Å². The molecule has 0 saturated carbocycles. The molecule has 3 rings (SSSR count). The van der Waals surface area contributed by atoms with Crippen molar-refractivity contribution in [2.75, 3.05) is 0 Å². The normalized spacial score (nSPS) is 17.4. The van der Waals surface area contributed by atoms with Crippen LogP contribution in [0.2, 0.25) is 0 Å². The molecule has 120 valence electrons. The van der Waals surface area contributed by atoms with Crippen LogP contribution in [0.25, 0.3) is 0 Å². The Labute approximate surface area is 142 Å². The van der Waals surface area contributed by atoms with Gasteiger partial charge in [-0.2, -0.15) is 0 Å². The average Bonchev–Trinajstić information content (AvgIpc) is 2.55. The van der Waals surface area contributed by atoms with Crippen LogP contribution in [0.3, 0.4) is 0 Å². The van der Waals surface area contributed by atoms with Gasteiger partial charge in [0.25, 0.3) is 0 Å². The van der Waals surface area contributed by atoms with E-state index >= 15 is 0 Å². The molecule has 0 unspecified atom stereocenters. The second kappa shape index (κ2) is 6.79. The standard InChI is InChI=1S/C20H23NOS/c1-20(2,23-16-11-4-3-5-12-16)19(22)21-18-14-8-10-15-9-6-7-13-17(15)18/h3-7,9,11-13,18H,8,10,14H2,1-2H3,(H,21,22)/t18-/m0/s1. The van der Waals surface area contributed by atoms with Crippen LogP contribution in [0.15, 0.2) is 59.5 Å². The Morgan fingerprint density at radius 2 is 1.78 bits per heavy atom. The molecular weight excluding hydrogens is 302 g/mol. The number of hydrogen-bond acceptors (Lipinski definition) is 2. The molecule has 2 nitrogen and oxygen atoms in total. The van der Waals surface area contributed by atoms with Gasteiger partial charge in [0.15, 0.2) is 0 Å². The van der Waals surface area contributed by atoms with Crippen LogP contribution < -0.4 is 5.32 Å². The van der Waals surface area contributed by atoms with E-state index in [1.807, 2.05) is 32.0 Å². The number of carbonyl (C=O) groups excluding carboxylic acids is 1. The highest BCUT2D eigenvalue weighted by molar-refractivity contribution is 8.01. The van der Waals surface area contributed by atoms with Crippen molar-refractivity contribution < 1.29 is 4.79 Å². The molecule has 1 aliphatic carbocycles. The van der Waals surface area contributed by atoms with Gasteiger partial charge in [-0.3, -0.25) is 4.79 Å². The van der Waals surface area contributed by atoms with Gasteiger partial charge in [-0.25, -0.2) is 0 Å². The van der Waals surface area contributed by atoms with Crippen LogP contribution in [-0.4, -0.2) is 10.7 Å². The molecule has 0 aromatic heterocycles. The van der Waals surface area contributed by atoms with E-state index < -0.39 is 4.75 Å². The second-order valence-corrected chi connectivity index (χ2v) is 8.24. The second-order valence-electron chi connectivity index (χ2n) is 6.54. The lowest BCUT2D eigenvalue weighted by atomic mass is 9.87. The van der Waals surface area contributed by atoms with Gasteiger partial charge in [0, 0.05) is 4.90 Å². The highest BCUT2D eigenvalue weighted by Crippen LogP contribution is 2.35. The SMILES string of the molecule is CC(C)(Sc1ccccc1)C(=O)N[C@H]1CCCc2ccccc21. The molecule has 1 aliphatic rings. The third-order valence-corrected chi connectivity index (χ3v) is 5.54. The number of benzene rings is 2. The summed E-state index contributed by atoms with van der Waals surface area (Å²) in [6, 6.07) is 18.7. The summed E-state index contributed by atoms with van der Waals surface area (Å²) in [4.78, 5) is 13.9. The first kappa shape index (κ1) is 16.1. The van der Waals surface area contributed by atoms with Crippen molar-refractivity contribution in [3.05, 3.63) is 65.7 Å². The van der Waals surface area contributed by atoms with Crippen LogP contribution in [0, 0.1) is 0 Å². The van der Waals surface area contributed by atoms with Gasteiger partial charge in [-0.15, -0.1) is 11.8 Å². The van der Waals surface area contributed by atoms with Crippen molar-refractivity contribution in [1.82, 2.24) is 5.32 Å². The first-order chi connectivity index (χ1) is 11.1. The summed E-state index contributed by atoms with van der Waals surface area (Å²) in [5, 5.41) is 3.28. The van der Waals surface area contributed by atoms with Gasteiger partial charge < -0.3 is 5.32 Å². The molecule has 0 heterocycles. The van der Waals surface area contributed by atoms with Gasteiger partial charge in [-0.1, -0.05) is 42.5 Å². The summed E-state index contributed by atoms with van der Waals surface area (Å²) in [7, 11) is 0. The Bertz CT molecular complexity index is 681. The summed E-state index contributed by atoms with van der Waals surface area (Å²) >= 11 is 1.61. The van der Waals surface area contributed by atoms with Gasteiger partial charge in [-0.05, 0) is 56.4 Å². The smallest absolute Gasteiger partial charge is 0.236 e. The van der Waals surface area contributed by atoms with Crippen LogP contribution in [-0.2, 0) is 11.2 Å². The first-order valence-electron chi connectivity index (χ1n) is 8.19. The molecule has 1 N–H and O–H groups in total. The fourth-order valence-corrected chi connectivity index (χ4v) is 4.10. The van der Waals surface area contributed by atoms with Crippen molar-refractivity contribution in [2.45, 2.75) is 48.8 Å². The van der Waals surface area contributed by atoms with Gasteiger partial charge >= 0.3 is 0 Å². The molecule has 0 radical (unpaired) electrons. The molecule has 0 saturated heterocycles. The van der Waals surface area contributed by atoms with E-state index in [9.17, 15) is 4.79 Å². The van der Waals surface area contributed by atoms with E-state index in [4.69, 9.17) is 0 Å². The van der Waals surface area contributed by atoms with Crippen molar-refractivity contribution >= 4 is 17.7 Å². The Balaban J connectivity index is 1.72. The molecule has 1 atom stereocenters. The first-order valence-corrected chi connectivity index (χ1v) is 9.01.